The molecule has 1 fully saturated rings. The summed E-state index contributed by atoms with van der Waals surface area (Å²) >= 11 is 1.30. The van der Waals surface area contributed by atoms with Crippen molar-refractivity contribution in [2.75, 3.05) is 13.7 Å². The van der Waals surface area contributed by atoms with Gasteiger partial charge in [-0.25, -0.2) is 4.98 Å². The predicted octanol–water partition coefficient (Wildman–Crippen LogP) is 4.52. The number of thioether (sulfide) groups is 1. The minimum atomic E-state index is -0.917. The molecule has 2 aromatic rings. The van der Waals surface area contributed by atoms with Gasteiger partial charge in [-0.2, -0.15) is 0 Å². The number of carboxylic acids is 1. The highest BCUT2D eigenvalue weighted by Gasteiger charge is 2.29. The molecule has 174 valence electrons. The van der Waals surface area contributed by atoms with Gasteiger partial charge in [0.25, 0.3) is 5.91 Å². The van der Waals surface area contributed by atoms with Crippen molar-refractivity contribution in [2.45, 2.75) is 75.1 Å². The van der Waals surface area contributed by atoms with Crippen LogP contribution in [0.1, 0.15) is 62.1 Å². The van der Waals surface area contributed by atoms with E-state index < -0.39 is 10.7 Å². The van der Waals surface area contributed by atoms with Gasteiger partial charge in [0.2, 0.25) is 0 Å². The minimum absolute atomic E-state index is 0.0837. The van der Waals surface area contributed by atoms with Crippen molar-refractivity contribution in [1.82, 2.24) is 14.9 Å². The first-order valence-corrected chi connectivity index (χ1v) is 11.9. The van der Waals surface area contributed by atoms with Gasteiger partial charge in [-0.05, 0) is 45.7 Å². The molecule has 7 nitrogen and oxygen atoms in total. The van der Waals surface area contributed by atoms with Crippen molar-refractivity contribution < 1.29 is 19.4 Å². The lowest BCUT2D eigenvalue weighted by Gasteiger charge is -2.23. The second-order valence-electron chi connectivity index (χ2n) is 8.76. The second kappa shape index (κ2) is 10.5. The third kappa shape index (κ3) is 5.72. The molecule has 0 saturated heterocycles. The van der Waals surface area contributed by atoms with Gasteiger partial charge < -0.3 is 19.7 Å². The lowest BCUT2D eigenvalue weighted by atomic mass is 9.95. The number of nitrogens with zero attached hydrogens (tertiary/aromatic N) is 2. The summed E-state index contributed by atoms with van der Waals surface area (Å²) in [5, 5.41) is 12.6. The molecule has 3 rings (SSSR count). The van der Waals surface area contributed by atoms with Crippen LogP contribution in [-0.4, -0.2) is 51.0 Å². The van der Waals surface area contributed by atoms with Crippen molar-refractivity contribution in [3.63, 3.8) is 0 Å². The molecule has 8 heteroatoms. The zero-order valence-corrected chi connectivity index (χ0v) is 20.1. The largest absolute Gasteiger partial charge is 0.480 e. The van der Waals surface area contributed by atoms with Crippen LogP contribution < -0.4 is 5.32 Å². The molecule has 0 bridgehead atoms. The number of aliphatic carboxylic acids is 1. The number of rotatable bonds is 9. The number of amides is 1. The molecule has 1 aliphatic carbocycles. The van der Waals surface area contributed by atoms with E-state index in [0.29, 0.717) is 30.4 Å². The Bertz CT molecular complexity index is 947. The number of carbonyl (C=O) groups excluding carboxylic acids is 1. The Hall–Kier alpha value is -2.32. The smallest absolute Gasteiger partial charge is 0.319 e. The summed E-state index contributed by atoms with van der Waals surface area (Å²) in [5.74, 6) is -0.229. The number of benzene rings is 1. The highest BCUT2D eigenvalue weighted by atomic mass is 32.2. The van der Waals surface area contributed by atoms with E-state index in [1.54, 1.807) is 21.0 Å². The average Bonchev–Trinajstić information content (AvgIpc) is 3.09. The van der Waals surface area contributed by atoms with Gasteiger partial charge in [-0.15, -0.1) is 11.8 Å². The molecule has 0 radical (unpaired) electrons. The maximum absolute atomic E-state index is 13.2. The molecule has 1 saturated carbocycles. The summed E-state index contributed by atoms with van der Waals surface area (Å²) in [6.07, 6.45) is 5.59. The SMILES string of the molecule is COCCn1c(-c2ccc(SC(C)(C)C(=O)O)cc2)nc(C)c1C(=O)NC1CCCCC1. The standard InChI is InChI=1S/C24H33N3O4S/c1-16-20(22(28)26-18-8-6-5-7-9-18)27(14-15-31-4)21(25-16)17-10-12-19(13-11-17)32-24(2,3)23(29)30/h10-13,18H,5-9,14-15H2,1-4H3,(H,26,28)(H,29,30). The first-order valence-electron chi connectivity index (χ1n) is 11.1. The number of carboxylic acid groups (broad SMARTS) is 1. The van der Waals surface area contributed by atoms with Gasteiger partial charge >= 0.3 is 5.97 Å². The Morgan fingerprint density at radius 2 is 1.88 bits per heavy atom. The molecule has 1 heterocycles. The number of carbonyl (C=O) groups is 2. The lowest BCUT2D eigenvalue weighted by molar-refractivity contribution is -0.138. The van der Waals surface area contributed by atoms with Gasteiger partial charge in [-0.3, -0.25) is 9.59 Å². The van der Waals surface area contributed by atoms with Crippen LogP contribution in [0, 0.1) is 6.92 Å². The number of hydrogen-bond acceptors (Lipinski definition) is 5. The number of aromatic nitrogens is 2. The van der Waals surface area contributed by atoms with Crippen molar-refractivity contribution in [2.24, 2.45) is 0 Å². The molecule has 0 atom stereocenters. The summed E-state index contributed by atoms with van der Waals surface area (Å²) in [5.41, 5.74) is 2.14. The van der Waals surface area contributed by atoms with Crippen LogP contribution in [0.5, 0.6) is 0 Å². The molecule has 0 unspecified atom stereocenters. The summed E-state index contributed by atoms with van der Waals surface area (Å²) < 4.78 is 6.30. The molecule has 32 heavy (non-hydrogen) atoms. The lowest BCUT2D eigenvalue weighted by Crippen LogP contribution is -2.37. The highest BCUT2D eigenvalue weighted by Crippen LogP contribution is 2.34. The normalized spacial score (nSPS) is 15.0. The fraction of sp³-hybridized carbons (Fsp3) is 0.542. The van der Waals surface area contributed by atoms with E-state index in [1.165, 1.54) is 18.2 Å². The number of hydrogen-bond donors (Lipinski definition) is 2. The van der Waals surface area contributed by atoms with Gasteiger partial charge in [0.15, 0.2) is 0 Å². The van der Waals surface area contributed by atoms with Crippen LogP contribution in [0.25, 0.3) is 11.4 Å². The van der Waals surface area contributed by atoms with E-state index in [2.05, 4.69) is 5.32 Å². The van der Waals surface area contributed by atoms with E-state index in [-0.39, 0.29) is 11.9 Å². The summed E-state index contributed by atoms with van der Waals surface area (Å²) in [7, 11) is 1.64. The van der Waals surface area contributed by atoms with Crippen molar-refractivity contribution >= 4 is 23.6 Å². The molecule has 1 aromatic carbocycles. The van der Waals surface area contributed by atoms with E-state index in [4.69, 9.17) is 9.72 Å². The number of methoxy groups -OCH3 is 1. The summed E-state index contributed by atoms with van der Waals surface area (Å²) in [4.78, 5) is 30.2. The average molecular weight is 460 g/mol. The number of nitrogens with one attached hydrogen (secondary N) is 1. The van der Waals surface area contributed by atoms with Crippen LogP contribution in [0.2, 0.25) is 0 Å². The molecule has 1 aliphatic rings. The van der Waals surface area contributed by atoms with E-state index in [9.17, 15) is 14.7 Å². The van der Waals surface area contributed by atoms with Crippen molar-refractivity contribution in [1.29, 1.82) is 0 Å². The van der Waals surface area contributed by atoms with Crippen LogP contribution >= 0.6 is 11.8 Å². The van der Waals surface area contributed by atoms with Gasteiger partial charge in [0.05, 0.1) is 12.3 Å². The maximum Gasteiger partial charge on any atom is 0.319 e. The van der Waals surface area contributed by atoms with Gasteiger partial charge in [0, 0.05) is 30.2 Å². The predicted molar refractivity (Wildman–Crippen MR) is 126 cm³/mol. The first kappa shape index (κ1) is 24.3. The Labute approximate surface area is 193 Å². The Morgan fingerprint density at radius 1 is 1.22 bits per heavy atom. The number of aryl methyl sites for hydroxylation is 1. The highest BCUT2D eigenvalue weighted by molar-refractivity contribution is 8.01. The molecule has 1 amide bonds. The molecular formula is C24H33N3O4S. The number of imidazole rings is 1. The van der Waals surface area contributed by atoms with Crippen molar-refractivity contribution in [3.05, 3.63) is 35.7 Å². The fourth-order valence-electron chi connectivity index (χ4n) is 3.99. The molecule has 2 N–H and O–H groups in total. The monoisotopic (exact) mass is 459 g/mol. The maximum atomic E-state index is 13.2. The zero-order chi connectivity index (χ0) is 23.3. The van der Waals surface area contributed by atoms with Gasteiger partial charge in [0.1, 0.15) is 16.3 Å². The Kier molecular flexibility index (Phi) is 8.00. The zero-order valence-electron chi connectivity index (χ0n) is 19.3. The Balaban J connectivity index is 1.88. The summed E-state index contributed by atoms with van der Waals surface area (Å²) in [6.45, 7) is 6.22. The van der Waals surface area contributed by atoms with Crippen LogP contribution in [-0.2, 0) is 16.1 Å². The molecule has 0 spiro atoms. The van der Waals surface area contributed by atoms with Crippen LogP contribution in [0.15, 0.2) is 29.2 Å². The second-order valence-corrected chi connectivity index (χ2v) is 10.5. The third-order valence-corrected chi connectivity index (χ3v) is 7.01. The molecular weight excluding hydrogens is 426 g/mol. The quantitative estimate of drug-likeness (QED) is 0.536. The van der Waals surface area contributed by atoms with E-state index in [1.807, 2.05) is 35.8 Å². The number of ether oxygens (including phenoxy) is 1. The van der Waals surface area contributed by atoms with Gasteiger partial charge in [-0.1, -0.05) is 31.4 Å². The van der Waals surface area contributed by atoms with E-state index >= 15 is 0 Å². The molecule has 0 aliphatic heterocycles. The Morgan fingerprint density at radius 3 is 2.47 bits per heavy atom. The van der Waals surface area contributed by atoms with Crippen LogP contribution in [0.4, 0.5) is 0 Å². The minimum Gasteiger partial charge on any atom is -0.480 e. The van der Waals surface area contributed by atoms with Crippen LogP contribution in [0.3, 0.4) is 0 Å². The van der Waals surface area contributed by atoms with Crippen molar-refractivity contribution in [3.8, 4) is 11.4 Å². The third-order valence-electron chi connectivity index (χ3n) is 5.82. The van der Waals surface area contributed by atoms with E-state index in [0.717, 1.165) is 36.1 Å². The summed E-state index contributed by atoms with van der Waals surface area (Å²) in [6, 6.07) is 7.87. The molecule has 1 aromatic heterocycles. The first-order chi connectivity index (χ1) is 15.2. The topological polar surface area (TPSA) is 93.4 Å². The fourth-order valence-corrected chi connectivity index (χ4v) is 4.94.